The molecule has 1 amide bonds. The van der Waals surface area contributed by atoms with Crippen molar-refractivity contribution in [3.05, 3.63) is 30.1 Å². The fourth-order valence-corrected chi connectivity index (χ4v) is 1.67. The first kappa shape index (κ1) is 16.9. The van der Waals surface area contributed by atoms with Crippen molar-refractivity contribution in [2.75, 3.05) is 6.54 Å². The molecule has 1 rings (SSSR count). The number of nitrogens with one attached hydrogen (secondary N) is 1. The first-order valence-electron chi connectivity index (χ1n) is 6.83. The zero-order chi connectivity index (χ0) is 15.8. The minimum Gasteiger partial charge on any atom is -0.481 e. The molecule has 0 radical (unpaired) electrons. The van der Waals surface area contributed by atoms with Gasteiger partial charge in [-0.05, 0) is 31.9 Å². The molecule has 1 aromatic rings. The van der Waals surface area contributed by atoms with E-state index in [1.54, 1.807) is 13.0 Å². The van der Waals surface area contributed by atoms with E-state index in [2.05, 4.69) is 5.32 Å². The quantitative estimate of drug-likeness (QED) is 0.721. The molecule has 5 nitrogen and oxygen atoms in total. The minimum atomic E-state index is -0.849. The normalized spacial score (nSPS) is 13.3. The van der Waals surface area contributed by atoms with Gasteiger partial charge in [-0.15, -0.1) is 0 Å². The van der Waals surface area contributed by atoms with Gasteiger partial charge in [0, 0.05) is 6.54 Å². The molecule has 2 atom stereocenters. The lowest BCUT2D eigenvalue weighted by atomic mass is 10.1. The van der Waals surface area contributed by atoms with Crippen LogP contribution in [0.4, 0.5) is 4.39 Å². The Morgan fingerprint density at radius 2 is 2.00 bits per heavy atom. The number of ether oxygens (including phenoxy) is 1. The predicted molar refractivity (Wildman–Crippen MR) is 75.5 cm³/mol. The molecular formula is C15H20FNO4. The van der Waals surface area contributed by atoms with E-state index in [4.69, 9.17) is 9.84 Å². The molecule has 0 saturated carbocycles. The predicted octanol–water partition coefficient (Wildman–Crippen LogP) is 2.21. The van der Waals surface area contributed by atoms with Gasteiger partial charge in [0.1, 0.15) is 0 Å². The number of carbonyl (C=O) groups is 2. The Kier molecular flexibility index (Phi) is 6.65. The van der Waals surface area contributed by atoms with Gasteiger partial charge in [0.2, 0.25) is 0 Å². The zero-order valence-corrected chi connectivity index (χ0v) is 12.1. The molecule has 21 heavy (non-hydrogen) atoms. The number of benzene rings is 1. The number of carboxylic acids is 1. The number of carboxylic acid groups (broad SMARTS) is 1. The van der Waals surface area contributed by atoms with E-state index in [-0.39, 0.29) is 11.7 Å². The van der Waals surface area contributed by atoms with Crippen LogP contribution in [0.25, 0.3) is 0 Å². The van der Waals surface area contributed by atoms with E-state index < -0.39 is 23.8 Å². The first-order chi connectivity index (χ1) is 9.91. The summed E-state index contributed by atoms with van der Waals surface area (Å²) in [5, 5.41) is 11.4. The van der Waals surface area contributed by atoms with Crippen LogP contribution in [0.15, 0.2) is 24.3 Å². The monoisotopic (exact) mass is 297 g/mol. The Labute approximate surface area is 123 Å². The number of carbonyl (C=O) groups excluding carboxylic acids is 1. The number of amides is 1. The first-order valence-corrected chi connectivity index (χ1v) is 6.83. The summed E-state index contributed by atoms with van der Waals surface area (Å²) < 4.78 is 18.6. The molecule has 1 aromatic carbocycles. The lowest BCUT2D eigenvalue weighted by molar-refractivity contribution is -0.141. The highest BCUT2D eigenvalue weighted by Gasteiger charge is 2.16. The topological polar surface area (TPSA) is 75.6 Å². The minimum absolute atomic E-state index is 0.0275. The highest BCUT2D eigenvalue weighted by molar-refractivity contribution is 5.80. The molecule has 0 aliphatic carbocycles. The number of halogens is 1. The van der Waals surface area contributed by atoms with Crippen LogP contribution in [-0.2, 0) is 9.59 Å². The van der Waals surface area contributed by atoms with Crippen molar-refractivity contribution in [3.8, 4) is 5.75 Å². The molecule has 116 valence electrons. The molecule has 0 aliphatic rings. The smallest absolute Gasteiger partial charge is 0.306 e. The van der Waals surface area contributed by atoms with Crippen molar-refractivity contribution in [2.45, 2.75) is 32.8 Å². The van der Waals surface area contributed by atoms with E-state index in [0.717, 1.165) is 0 Å². The molecule has 0 aliphatic heterocycles. The molecule has 0 fully saturated rings. The molecule has 0 heterocycles. The standard InChI is InChI=1S/C15H20FNO4/c1-10(15(19)20)6-5-9-17-14(18)11(2)21-13-8-4-3-7-12(13)16/h3-4,7-8,10-11H,5-6,9H2,1-2H3,(H,17,18)(H,19,20). The molecule has 2 N–H and O–H groups in total. The summed E-state index contributed by atoms with van der Waals surface area (Å²) in [6.07, 6.45) is 0.225. The van der Waals surface area contributed by atoms with Gasteiger partial charge in [0.25, 0.3) is 5.91 Å². The number of para-hydroxylation sites is 1. The van der Waals surface area contributed by atoms with Gasteiger partial charge in [-0.1, -0.05) is 19.1 Å². The van der Waals surface area contributed by atoms with Crippen molar-refractivity contribution >= 4 is 11.9 Å². The third-order valence-corrected chi connectivity index (χ3v) is 3.04. The molecule has 0 aromatic heterocycles. The van der Waals surface area contributed by atoms with E-state index in [9.17, 15) is 14.0 Å². The number of hydrogen-bond donors (Lipinski definition) is 2. The van der Waals surface area contributed by atoms with Crippen molar-refractivity contribution in [1.29, 1.82) is 0 Å². The molecule has 0 spiro atoms. The van der Waals surface area contributed by atoms with Crippen LogP contribution in [0.2, 0.25) is 0 Å². The largest absolute Gasteiger partial charge is 0.481 e. The Hall–Kier alpha value is -2.11. The fourth-order valence-electron chi connectivity index (χ4n) is 1.67. The average molecular weight is 297 g/mol. The maximum atomic E-state index is 13.4. The van der Waals surface area contributed by atoms with Gasteiger partial charge in [-0.25, -0.2) is 4.39 Å². The van der Waals surface area contributed by atoms with Crippen molar-refractivity contribution in [1.82, 2.24) is 5.32 Å². The highest BCUT2D eigenvalue weighted by atomic mass is 19.1. The molecule has 2 unspecified atom stereocenters. The Bertz CT molecular complexity index is 492. The number of rotatable bonds is 8. The summed E-state index contributed by atoms with van der Waals surface area (Å²) in [6, 6.07) is 5.87. The Morgan fingerprint density at radius 3 is 2.62 bits per heavy atom. The van der Waals surface area contributed by atoms with Crippen LogP contribution in [0.3, 0.4) is 0 Å². The van der Waals surface area contributed by atoms with Crippen LogP contribution in [0, 0.1) is 11.7 Å². The third-order valence-electron chi connectivity index (χ3n) is 3.04. The Morgan fingerprint density at radius 1 is 1.33 bits per heavy atom. The van der Waals surface area contributed by atoms with Crippen LogP contribution < -0.4 is 10.1 Å². The third kappa shape index (κ3) is 5.81. The van der Waals surface area contributed by atoms with E-state index >= 15 is 0 Å². The van der Waals surface area contributed by atoms with Gasteiger partial charge in [-0.3, -0.25) is 9.59 Å². The van der Waals surface area contributed by atoms with Crippen molar-refractivity contribution in [3.63, 3.8) is 0 Å². The molecule has 0 bridgehead atoms. The van der Waals surface area contributed by atoms with Crippen molar-refractivity contribution < 1.29 is 23.8 Å². The number of aliphatic carboxylic acids is 1. The van der Waals surface area contributed by atoms with Crippen LogP contribution >= 0.6 is 0 Å². The summed E-state index contributed by atoms with van der Waals surface area (Å²) >= 11 is 0. The van der Waals surface area contributed by atoms with Crippen LogP contribution in [0.1, 0.15) is 26.7 Å². The van der Waals surface area contributed by atoms with Gasteiger partial charge < -0.3 is 15.2 Å². The maximum absolute atomic E-state index is 13.4. The fraction of sp³-hybridized carbons (Fsp3) is 0.467. The van der Waals surface area contributed by atoms with Crippen LogP contribution in [0.5, 0.6) is 5.75 Å². The average Bonchev–Trinajstić information content (AvgIpc) is 2.45. The van der Waals surface area contributed by atoms with E-state index in [1.807, 2.05) is 0 Å². The van der Waals surface area contributed by atoms with E-state index in [1.165, 1.54) is 25.1 Å². The summed E-state index contributed by atoms with van der Waals surface area (Å²) in [5.41, 5.74) is 0. The molecule has 0 saturated heterocycles. The lowest BCUT2D eigenvalue weighted by Crippen LogP contribution is -2.37. The van der Waals surface area contributed by atoms with Crippen LogP contribution in [-0.4, -0.2) is 29.6 Å². The lowest BCUT2D eigenvalue weighted by Gasteiger charge is -2.15. The van der Waals surface area contributed by atoms with E-state index in [0.29, 0.717) is 19.4 Å². The maximum Gasteiger partial charge on any atom is 0.306 e. The van der Waals surface area contributed by atoms with Gasteiger partial charge in [-0.2, -0.15) is 0 Å². The Balaban J connectivity index is 2.32. The number of hydrogen-bond acceptors (Lipinski definition) is 3. The second-order valence-electron chi connectivity index (χ2n) is 4.86. The van der Waals surface area contributed by atoms with Gasteiger partial charge in [0.05, 0.1) is 5.92 Å². The SMILES string of the molecule is CC(CCCNC(=O)C(C)Oc1ccccc1F)C(=O)O. The highest BCUT2D eigenvalue weighted by Crippen LogP contribution is 2.16. The summed E-state index contributed by atoms with van der Waals surface area (Å²) in [7, 11) is 0. The van der Waals surface area contributed by atoms with Crippen molar-refractivity contribution in [2.24, 2.45) is 5.92 Å². The molecular weight excluding hydrogens is 277 g/mol. The van der Waals surface area contributed by atoms with Gasteiger partial charge >= 0.3 is 5.97 Å². The summed E-state index contributed by atoms with van der Waals surface area (Å²) in [4.78, 5) is 22.4. The zero-order valence-electron chi connectivity index (χ0n) is 12.1. The second-order valence-corrected chi connectivity index (χ2v) is 4.86. The molecule has 6 heteroatoms. The summed E-state index contributed by atoms with van der Waals surface area (Å²) in [5.74, 6) is -2.14. The second kappa shape index (κ2) is 8.24. The van der Waals surface area contributed by atoms with Gasteiger partial charge in [0.15, 0.2) is 17.7 Å². The summed E-state index contributed by atoms with van der Waals surface area (Å²) in [6.45, 7) is 3.51.